The topological polar surface area (TPSA) is 99.6 Å². The molecule has 1 unspecified atom stereocenters. The lowest BCUT2D eigenvalue weighted by Crippen LogP contribution is -2.56. The van der Waals surface area contributed by atoms with Crippen LogP contribution in [0.3, 0.4) is 0 Å². The summed E-state index contributed by atoms with van der Waals surface area (Å²) < 4.78 is 12.7. The first-order valence-electron chi connectivity index (χ1n) is 15.2. The van der Waals surface area contributed by atoms with E-state index in [1.54, 1.807) is 4.90 Å². The zero-order valence-electron chi connectivity index (χ0n) is 24.5. The number of carbonyl (C=O) groups excluding carboxylic acids is 3. The van der Waals surface area contributed by atoms with Crippen LogP contribution in [0.15, 0.2) is 48.6 Å². The van der Waals surface area contributed by atoms with Gasteiger partial charge in [0, 0.05) is 44.2 Å². The smallest absolute Gasteiger partial charge is 0.313 e. The highest BCUT2D eigenvalue weighted by Crippen LogP contribution is 2.58. The van der Waals surface area contributed by atoms with Crippen LogP contribution in [-0.4, -0.2) is 84.4 Å². The van der Waals surface area contributed by atoms with E-state index < -0.39 is 35.0 Å². The third kappa shape index (κ3) is 4.87. The summed E-state index contributed by atoms with van der Waals surface area (Å²) in [5.74, 6) is -2.80. The molecule has 4 heterocycles. The van der Waals surface area contributed by atoms with Gasteiger partial charge in [-0.3, -0.25) is 14.4 Å². The summed E-state index contributed by atoms with van der Waals surface area (Å²) in [7, 11) is 0. The van der Waals surface area contributed by atoms with Gasteiger partial charge >= 0.3 is 5.97 Å². The van der Waals surface area contributed by atoms with Crippen molar-refractivity contribution in [2.45, 2.75) is 70.1 Å². The molecule has 41 heavy (non-hydrogen) atoms. The lowest BCUT2D eigenvalue weighted by Gasteiger charge is -2.38. The molecule has 1 N–H and O–H groups in total. The van der Waals surface area contributed by atoms with E-state index in [9.17, 15) is 19.5 Å². The molecule has 1 aromatic carbocycles. The summed E-state index contributed by atoms with van der Waals surface area (Å²) >= 11 is 0. The minimum atomic E-state index is -1.34. The largest absolute Gasteiger partial charge is 0.465 e. The van der Waals surface area contributed by atoms with Crippen LogP contribution in [0.5, 0.6) is 0 Å². The van der Waals surface area contributed by atoms with E-state index in [1.165, 1.54) is 4.90 Å². The molecule has 2 fully saturated rings. The first-order valence-corrected chi connectivity index (χ1v) is 15.2. The van der Waals surface area contributed by atoms with Crippen molar-refractivity contribution in [3.05, 3.63) is 48.6 Å². The molecule has 4 aliphatic rings. The number of cyclic esters (lactones) is 1. The Morgan fingerprint density at radius 3 is 2.41 bits per heavy atom. The van der Waals surface area contributed by atoms with Gasteiger partial charge < -0.3 is 29.3 Å². The van der Waals surface area contributed by atoms with Gasteiger partial charge in [-0.1, -0.05) is 31.2 Å². The van der Waals surface area contributed by atoms with Crippen molar-refractivity contribution in [1.29, 1.82) is 0 Å². The minimum absolute atomic E-state index is 0.122. The molecule has 0 aromatic heterocycles. The highest BCUT2D eigenvalue weighted by molar-refractivity contribution is 6.05. The predicted molar refractivity (Wildman–Crippen MR) is 156 cm³/mol. The fourth-order valence-electron chi connectivity index (χ4n) is 7.18. The third-order valence-corrected chi connectivity index (χ3v) is 9.23. The van der Waals surface area contributed by atoms with Gasteiger partial charge in [0.15, 0.2) is 0 Å². The molecule has 4 aliphatic heterocycles. The zero-order valence-corrected chi connectivity index (χ0v) is 24.5. The van der Waals surface area contributed by atoms with E-state index >= 15 is 0 Å². The Balaban J connectivity index is 1.59. The molecule has 1 aromatic rings. The SMILES string of the molecule is CCN(CC)c1ccc(N2CC=C[C@]34O[C@]5(CC)/C=C\CCCCOC(=O)[C@@H]5[C@H]3C(=O)N(CCCO)C4C2=O)cc1. The quantitative estimate of drug-likeness (QED) is 0.381. The van der Waals surface area contributed by atoms with Gasteiger partial charge in [0.1, 0.15) is 23.2 Å². The minimum Gasteiger partial charge on any atom is -0.465 e. The summed E-state index contributed by atoms with van der Waals surface area (Å²) in [6, 6.07) is 6.93. The number of aliphatic hydroxyl groups excluding tert-OH is 1. The molecule has 222 valence electrons. The normalized spacial score (nSPS) is 32.2. The van der Waals surface area contributed by atoms with Gasteiger partial charge in [0.25, 0.3) is 5.91 Å². The molecule has 0 radical (unpaired) electrons. The van der Waals surface area contributed by atoms with E-state index in [0.29, 0.717) is 26.0 Å². The molecular weight excluding hydrogens is 522 g/mol. The maximum absolute atomic E-state index is 14.5. The molecule has 1 spiro atoms. The Morgan fingerprint density at radius 2 is 1.73 bits per heavy atom. The van der Waals surface area contributed by atoms with Crippen LogP contribution in [-0.2, 0) is 23.9 Å². The number of hydrogen-bond donors (Lipinski definition) is 1. The number of benzene rings is 1. The number of esters is 1. The Hall–Kier alpha value is -3.17. The Bertz CT molecular complexity index is 1190. The van der Waals surface area contributed by atoms with Crippen LogP contribution in [0.4, 0.5) is 11.4 Å². The molecule has 9 heteroatoms. The highest BCUT2D eigenvalue weighted by Gasteiger charge is 2.75. The predicted octanol–water partition coefficient (Wildman–Crippen LogP) is 3.46. The van der Waals surface area contributed by atoms with Crippen molar-refractivity contribution in [2.75, 3.05) is 49.2 Å². The first kappa shape index (κ1) is 29.3. The number of hydrogen-bond acceptors (Lipinski definition) is 7. The number of ether oxygens (including phenoxy) is 2. The van der Waals surface area contributed by atoms with Gasteiger partial charge in [-0.05, 0) is 70.2 Å². The van der Waals surface area contributed by atoms with E-state index in [4.69, 9.17) is 9.47 Å². The molecule has 9 nitrogen and oxygen atoms in total. The van der Waals surface area contributed by atoms with Crippen LogP contribution < -0.4 is 9.80 Å². The lowest BCUT2D eigenvalue weighted by atomic mass is 9.73. The van der Waals surface area contributed by atoms with Gasteiger partial charge in [-0.2, -0.15) is 0 Å². The fraction of sp³-hybridized carbons (Fsp3) is 0.594. The molecule has 2 amide bonds. The number of carbonyl (C=O) groups is 3. The standard InChI is InChI=1S/C32H43N3O6/c1-4-31-17-9-7-8-10-22-40-30(39)26(31)25-28(37)35(20-12-21-36)27-29(38)34(19-11-18-32(25,27)41-31)24-15-13-23(14-16-24)33(5-2)6-3/h9,11,13-18,25-27,36H,4-8,10,12,19-22H2,1-3H3/b17-9-/t25-,26-,27?,31+,32-/m0/s1. The lowest BCUT2D eigenvalue weighted by molar-refractivity contribution is -0.160. The van der Waals surface area contributed by atoms with Crippen molar-refractivity contribution in [1.82, 2.24) is 4.90 Å². The molecule has 5 atom stereocenters. The fourth-order valence-corrected chi connectivity index (χ4v) is 7.18. The van der Waals surface area contributed by atoms with Gasteiger partial charge in [0.2, 0.25) is 5.91 Å². The van der Waals surface area contributed by atoms with Crippen LogP contribution >= 0.6 is 0 Å². The van der Waals surface area contributed by atoms with Gasteiger partial charge in [-0.25, -0.2) is 0 Å². The second-order valence-corrected chi connectivity index (χ2v) is 11.3. The zero-order chi connectivity index (χ0) is 29.2. The number of rotatable bonds is 8. The summed E-state index contributed by atoms with van der Waals surface area (Å²) in [6.45, 7) is 8.58. The number of aliphatic hydroxyl groups is 1. The van der Waals surface area contributed by atoms with Crippen molar-refractivity contribution < 1.29 is 29.0 Å². The number of nitrogens with zero attached hydrogens (tertiary/aromatic N) is 3. The van der Waals surface area contributed by atoms with Crippen molar-refractivity contribution in [2.24, 2.45) is 11.8 Å². The van der Waals surface area contributed by atoms with E-state index in [0.717, 1.165) is 43.7 Å². The van der Waals surface area contributed by atoms with Gasteiger partial charge in [-0.15, -0.1) is 0 Å². The van der Waals surface area contributed by atoms with Crippen LogP contribution in [0.25, 0.3) is 0 Å². The Kier molecular flexibility index (Phi) is 8.57. The molecule has 2 saturated heterocycles. The molecule has 0 bridgehead atoms. The summed E-state index contributed by atoms with van der Waals surface area (Å²) in [5, 5.41) is 9.64. The number of likely N-dealkylation sites (tertiary alicyclic amines) is 1. The first-order chi connectivity index (χ1) is 19.9. The number of anilines is 2. The second kappa shape index (κ2) is 12.0. The van der Waals surface area contributed by atoms with Crippen molar-refractivity contribution in [3.8, 4) is 0 Å². The molecule has 5 rings (SSSR count). The van der Waals surface area contributed by atoms with Crippen molar-refractivity contribution >= 4 is 29.2 Å². The number of allylic oxidation sites excluding steroid dienone is 1. The van der Waals surface area contributed by atoms with Crippen LogP contribution in [0.2, 0.25) is 0 Å². The summed E-state index contributed by atoms with van der Waals surface area (Å²) in [4.78, 5) is 48.0. The second-order valence-electron chi connectivity index (χ2n) is 11.3. The Labute approximate surface area is 242 Å². The van der Waals surface area contributed by atoms with Gasteiger partial charge in [0.05, 0.1) is 12.5 Å². The average molecular weight is 566 g/mol. The Morgan fingerprint density at radius 1 is 0.976 bits per heavy atom. The van der Waals surface area contributed by atoms with E-state index in [1.807, 2.05) is 55.5 Å². The number of fused-ring (bicyclic) bond motifs is 2. The molecule has 0 saturated carbocycles. The summed E-state index contributed by atoms with van der Waals surface area (Å²) in [5.41, 5.74) is -0.600. The maximum Gasteiger partial charge on any atom is 0.313 e. The number of amides is 2. The monoisotopic (exact) mass is 565 g/mol. The highest BCUT2D eigenvalue weighted by atomic mass is 16.6. The average Bonchev–Trinajstić information content (AvgIpc) is 3.33. The van der Waals surface area contributed by atoms with E-state index in [-0.39, 0.29) is 25.0 Å². The molecule has 0 aliphatic carbocycles. The van der Waals surface area contributed by atoms with Crippen molar-refractivity contribution in [3.63, 3.8) is 0 Å². The summed E-state index contributed by atoms with van der Waals surface area (Å²) in [6.07, 6.45) is 10.9. The maximum atomic E-state index is 14.5. The molecular formula is C32H43N3O6. The van der Waals surface area contributed by atoms with Crippen LogP contribution in [0.1, 0.15) is 52.9 Å². The van der Waals surface area contributed by atoms with E-state index in [2.05, 4.69) is 18.7 Å². The third-order valence-electron chi connectivity index (χ3n) is 9.23. The van der Waals surface area contributed by atoms with Crippen LogP contribution in [0, 0.1) is 11.8 Å².